The topological polar surface area (TPSA) is 52.4 Å². The van der Waals surface area contributed by atoms with E-state index < -0.39 is 4.92 Å². The molecular weight excluding hydrogens is 302 g/mol. The number of hydrogen-bond acceptors (Lipinski definition) is 3. The fourth-order valence-corrected chi connectivity index (χ4v) is 2.60. The van der Waals surface area contributed by atoms with E-state index in [1.54, 1.807) is 12.1 Å². The molecule has 0 amide bonds. The molecule has 0 atom stereocenters. The highest BCUT2D eigenvalue weighted by atomic mass is 16.6. The van der Waals surface area contributed by atoms with Crippen molar-refractivity contribution in [2.75, 3.05) is 0 Å². The van der Waals surface area contributed by atoms with E-state index in [9.17, 15) is 10.1 Å². The monoisotopic (exact) mass is 319 g/mol. The van der Waals surface area contributed by atoms with Crippen molar-refractivity contribution in [1.82, 2.24) is 0 Å². The molecule has 0 saturated carbocycles. The number of hydrogen-bond donors (Lipinski definition) is 0. The van der Waals surface area contributed by atoms with Gasteiger partial charge in [-0.25, -0.2) is 0 Å². The molecule has 24 heavy (non-hydrogen) atoms. The lowest BCUT2D eigenvalue weighted by molar-refractivity contribution is -0.384. The van der Waals surface area contributed by atoms with E-state index in [4.69, 9.17) is 4.74 Å². The molecule has 0 aliphatic carbocycles. The fourth-order valence-electron chi connectivity index (χ4n) is 2.60. The molecule has 0 saturated heterocycles. The maximum Gasteiger partial charge on any atom is 0.269 e. The third kappa shape index (κ3) is 3.13. The second-order valence-electron chi connectivity index (χ2n) is 5.58. The Morgan fingerprint density at radius 3 is 2.12 bits per heavy atom. The summed E-state index contributed by atoms with van der Waals surface area (Å²) >= 11 is 0. The predicted molar refractivity (Wildman–Crippen MR) is 94.5 cm³/mol. The van der Waals surface area contributed by atoms with Gasteiger partial charge in [-0.3, -0.25) is 10.1 Å². The Balaban J connectivity index is 1.90. The summed E-state index contributed by atoms with van der Waals surface area (Å²) in [6.07, 6.45) is 0. The molecule has 0 heterocycles. The van der Waals surface area contributed by atoms with E-state index in [2.05, 4.69) is 19.1 Å². The summed E-state index contributed by atoms with van der Waals surface area (Å²) in [5.74, 6) is 1.33. The highest BCUT2D eigenvalue weighted by Crippen LogP contribution is 2.33. The Morgan fingerprint density at radius 1 is 0.833 bits per heavy atom. The zero-order valence-corrected chi connectivity index (χ0v) is 13.5. The van der Waals surface area contributed by atoms with Gasteiger partial charge in [0.2, 0.25) is 0 Å². The summed E-state index contributed by atoms with van der Waals surface area (Å²) in [7, 11) is 0. The molecule has 3 aromatic rings. The Labute approximate surface area is 140 Å². The lowest BCUT2D eigenvalue weighted by atomic mass is 9.96. The summed E-state index contributed by atoms with van der Waals surface area (Å²) in [5, 5.41) is 10.7. The third-order valence-corrected chi connectivity index (χ3v) is 4.10. The van der Waals surface area contributed by atoms with Gasteiger partial charge in [0, 0.05) is 12.1 Å². The van der Waals surface area contributed by atoms with Crippen molar-refractivity contribution in [2.45, 2.75) is 13.8 Å². The van der Waals surface area contributed by atoms with Crippen LogP contribution in [0.25, 0.3) is 11.1 Å². The van der Waals surface area contributed by atoms with Crippen LogP contribution in [0.2, 0.25) is 0 Å². The molecule has 0 aliphatic rings. The molecule has 0 bridgehead atoms. The zero-order valence-electron chi connectivity index (χ0n) is 13.5. The van der Waals surface area contributed by atoms with Crippen LogP contribution in [0.5, 0.6) is 11.5 Å². The maximum atomic E-state index is 10.7. The molecular formula is C20H17NO3. The van der Waals surface area contributed by atoms with Crippen molar-refractivity contribution in [3.8, 4) is 22.6 Å². The van der Waals surface area contributed by atoms with E-state index >= 15 is 0 Å². The van der Waals surface area contributed by atoms with Gasteiger partial charge in [0.15, 0.2) is 0 Å². The Morgan fingerprint density at radius 2 is 1.50 bits per heavy atom. The molecule has 3 rings (SSSR count). The lowest BCUT2D eigenvalue weighted by Gasteiger charge is -2.14. The molecule has 0 fully saturated rings. The van der Waals surface area contributed by atoms with Crippen LogP contribution in [0.15, 0.2) is 66.7 Å². The first-order chi connectivity index (χ1) is 11.6. The Hall–Kier alpha value is -3.14. The molecule has 0 spiro atoms. The second-order valence-corrected chi connectivity index (χ2v) is 5.58. The average molecular weight is 319 g/mol. The number of rotatable bonds is 4. The van der Waals surface area contributed by atoms with Crippen LogP contribution in [-0.4, -0.2) is 4.92 Å². The molecule has 0 N–H and O–H groups in total. The van der Waals surface area contributed by atoms with Gasteiger partial charge in [-0.15, -0.1) is 0 Å². The SMILES string of the molecule is Cc1c(Oc2ccc([N+](=O)[O-])cc2)ccc(-c2ccccc2)c1C. The first kappa shape index (κ1) is 15.7. The number of non-ortho nitro benzene ring substituents is 1. The highest BCUT2D eigenvalue weighted by molar-refractivity contribution is 5.70. The Bertz CT molecular complexity index is 871. The van der Waals surface area contributed by atoms with Crippen molar-refractivity contribution in [3.05, 3.63) is 88.0 Å². The van der Waals surface area contributed by atoms with Crippen molar-refractivity contribution in [2.24, 2.45) is 0 Å². The van der Waals surface area contributed by atoms with Gasteiger partial charge in [0.25, 0.3) is 5.69 Å². The number of nitro groups is 1. The number of nitrogens with zero attached hydrogens (tertiary/aromatic N) is 1. The quantitative estimate of drug-likeness (QED) is 0.460. The normalized spacial score (nSPS) is 10.4. The zero-order chi connectivity index (χ0) is 17.1. The smallest absolute Gasteiger partial charge is 0.269 e. The van der Waals surface area contributed by atoms with Crippen molar-refractivity contribution in [3.63, 3.8) is 0 Å². The highest BCUT2D eigenvalue weighted by Gasteiger charge is 2.11. The maximum absolute atomic E-state index is 10.7. The molecule has 0 aromatic heterocycles. The van der Waals surface area contributed by atoms with Crippen LogP contribution >= 0.6 is 0 Å². The van der Waals surface area contributed by atoms with E-state index in [-0.39, 0.29) is 5.69 Å². The summed E-state index contributed by atoms with van der Waals surface area (Å²) in [6.45, 7) is 4.09. The van der Waals surface area contributed by atoms with Crippen LogP contribution in [0.4, 0.5) is 5.69 Å². The van der Waals surface area contributed by atoms with Crippen LogP contribution in [0.3, 0.4) is 0 Å². The molecule has 0 radical (unpaired) electrons. The van der Waals surface area contributed by atoms with Crippen LogP contribution in [0.1, 0.15) is 11.1 Å². The summed E-state index contributed by atoms with van der Waals surface area (Å²) < 4.78 is 5.89. The van der Waals surface area contributed by atoms with Gasteiger partial charge >= 0.3 is 0 Å². The van der Waals surface area contributed by atoms with Gasteiger partial charge < -0.3 is 4.74 Å². The molecule has 120 valence electrons. The molecule has 4 heteroatoms. The van der Waals surface area contributed by atoms with E-state index in [1.165, 1.54) is 23.3 Å². The lowest BCUT2D eigenvalue weighted by Crippen LogP contribution is -1.93. The van der Waals surface area contributed by atoms with Crippen LogP contribution < -0.4 is 4.74 Å². The molecule has 4 nitrogen and oxygen atoms in total. The minimum atomic E-state index is -0.423. The molecule has 0 unspecified atom stereocenters. The van der Waals surface area contributed by atoms with Gasteiger partial charge in [-0.2, -0.15) is 0 Å². The first-order valence-electron chi connectivity index (χ1n) is 7.64. The van der Waals surface area contributed by atoms with Crippen LogP contribution in [0, 0.1) is 24.0 Å². The van der Waals surface area contributed by atoms with Crippen molar-refractivity contribution in [1.29, 1.82) is 0 Å². The fraction of sp³-hybridized carbons (Fsp3) is 0.100. The number of nitro benzene ring substituents is 1. The van der Waals surface area contributed by atoms with Gasteiger partial charge in [0.1, 0.15) is 11.5 Å². The standard InChI is InChI=1S/C20H17NO3/c1-14-15(2)20(13-12-19(14)16-6-4-3-5-7-16)24-18-10-8-17(9-11-18)21(22)23/h3-13H,1-2H3. The third-order valence-electron chi connectivity index (χ3n) is 4.10. The Kier molecular flexibility index (Phi) is 4.29. The van der Waals surface area contributed by atoms with Gasteiger partial charge in [-0.1, -0.05) is 36.4 Å². The van der Waals surface area contributed by atoms with E-state index in [1.807, 2.05) is 37.3 Å². The van der Waals surface area contributed by atoms with Gasteiger partial charge in [-0.05, 0) is 54.3 Å². The van der Waals surface area contributed by atoms with E-state index in [0.717, 1.165) is 16.9 Å². The summed E-state index contributed by atoms with van der Waals surface area (Å²) in [4.78, 5) is 10.3. The minimum absolute atomic E-state index is 0.0506. The van der Waals surface area contributed by atoms with Crippen molar-refractivity contribution >= 4 is 5.69 Å². The van der Waals surface area contributed by atoms with Crippen molar-refractivity contribution < 1.29 is 9.66 Å². The minimum Gasteiger partial charge on any atom is -0.457 e. The van der Waals surface area contributed by atoms with E-state index in [0.29, 0.717) is 5.75 Å². The molecule has 0 aliphatic heterocycles. The predicted octanol–water partition coefficient (Wildman–Crippen LogP) is 5.67. The number of benzene rings is 3. The van der Waals surface area contributed by atoms with Crippen LogP contribution in [-0.2, 0) is 0 Å². The second kappa shape index (κ2) is 6.54. The first-order valence-corrected chi connectivity index (χ1v) is 7.64. The largest absolute Gasteiger partial charge is 0.457 e. The average Bonchev–Trinajstić information content (AvgIpc) is 2.60. The number of ether oxygens (including phenoxy) is 1. The summed E-state index contributed by atoms with van der Waals surface area (Å²) in [6, 6.07) is 20.3. The molecule has 3 aromatic carbocycles. The summed E-state index contributed by atoms with van der Waals surface area (Å²) in [5.41, 5.74) is 4.59. The van der Waals surface area contributed by atoms with Gasteiger partial charge in [0.05, 0.1) is 4.92 Å².